The number of rotatable bonds is 1. The van der Waals surface area contributed by atoms with Crippen LogP contribution in [0.5, 0.6) is 0 Å². The second kappa shape index (κ2) is 17.2. The van der Waals surface area contributed by atoms with Crippen molar-refractivity contribution in [2.24, 2.45) is 0 Å². The third kappa shape index (κ3) is 7.85. The van der Waals surface area contributed by atoms with E-state index in [2.05, 4.69) is 33.9 Å². The Morgan fingerprint density at radius 1 is 0.680 bits per heavy atom. The minimum absolute atomic E-state index is 1.04. The van der Waals surface area contributed by atoms with Crippen LogP contribution in [0.15, 0.2) is 24.5 Å². The summed E-state index contributed by atoms with van der Waals surface area (Å²) in [7, 11) is 0. The van der Waals surface area contributed by atoms with Crippen LogP contribution in [0.25, 0.3) is 11.0 Å². The zero-order valence-corrected chi connectivity index (χ0v) is 18.2. The molecule has 3 heteroatoms. The molecule has 2 aromatic rings. The Hall–Kier alpha value is -1.64. The number of aryl methyl sites for hydroxylation is 1. The number of anilines is 1. The van der Waals surface area contributed by atoms with Crippen molar-refractivity contribution in [2.45, 2.75) is 81.6 Å². The molecule has 3 rings (SSSR count). The van der Waals surface area contributed by atoms with Crippen LogP contribution in [0, 0.1) is 6.92 Å². The summed E-state index contributed by atoms with van der Waals surface area (Å²) in [6.07, 6.45) is 7.49. The van der Waals surface area contributed by atoms with Gasteiger partial charge in [-0.15, -0.1) is 0 Å². The Morgan fingerprint density at radius 2 is 1.16 bits per heavy atom. The van der Waals surface area contributed by atoms with Crippen LogP contribution >= 0.6 is 0 Å². The molecular formula is C22H41N3. The second-order valence-corrected chi connectivity index (χ2v) is 4.70. The number of nitrogens with zero attached hydrogens (tertiary/aromatic N) is 3. The summed E-state index contributed by atoms with van der Waals surface area (Å²) in [5.41, 5.74) is 4.54. The maximum Gasteiger partial charge on any atom is 0.112 e. The average molecular weight is 348 g/mol. The van der Waals surface area contributed by atoms with Crippen molar-refractivity contribution in [3.8, 4) is 0 Å². The van der Waals surface area contributed by atoms with Gasteiger partial charge in [0.25, 0.3) is 0 Å². The van der Waals surface area contributed by atoms with Crippen molar-refractivity contribution in [3.05, 3.63) is 30.1 Å². The molecule has 0 aliphatic carbocycles. The van der Waals surface area contributed by atoms with E-state index in [1.54, 1.807) is 12.4 Å². The first-order valence-corrected chi connectivity index (χ1v) is 10.3. The second-order valence-electron chi connectivity index (χ2n) is 4.70. The van der Waals surface area contributed by atoms with Gasteiger partial charge in [-0.2, -0.15) is 0 Å². The maximum atomic E-state index is 4.51. The first-order chi connectivity index (χ1) is 12.4. The minimum Gasteiger partial charge on any atom is -0.370 e. The fourth-order valence-electron chi connectivity index (χ4n) is 2.57. The highest BCUT2D eigenvalue weighted by Gasteiger charge is 2.15. The Kier molecular flexibility index (Phi) is 17.6. The lowest BCUT2D eigenvalue weighted by atomic mass is 10.1. The Labute approximate surface area is 156 Å². The monoisotopic (exact) mass is 347 g/mol. The molecule has 1 aromatic heterocycles. The van der Waals surface area contributed by atoms with E-state index >= 15 is 0 Å². The van der Waals surface area contributed by atoms with Crippen LogP contribution in [0.4, 0.5) is 5.69 Å². The standard InChI is InChI=1S/C14H17N3.4C2H6/c1-11-5-6-12(17-9-3-2-4-10-17)14-13(11)15-7-8-16-14;4*1-2/h5-8H,2-4,9-10H2,1H3;4*1-2H3. The van der Waals surface area contributed by atoms with Crippen molar-refractivity contribution in [3.63, 3.8) is 0 Å². The molecule has 1 aromatic carbocycles. The van der Waals surface area contributed by atoms with Crippen molar-refractivity contribution in [2.75, 3.05) is 18.0 Å². The summed E-state index contributed by atoms with van der Waals surface area (Å²) in [6.45, 7) is 20.4. The minimum atomic E-state index is 1.04. The molecule has 2 heterocycles. The van der Waals surface area contributed by atoms with Gasteiger partial charge in [-0.1, -0.05) is 61.5 Å². The number of aromatic nitrogens is 2. The van der Waals surface area contributed by atoms with Crippen LogP contribution in [-0.2, 0) is 0 Å². The molecule has 1 aliphatic heterocycles. The number of fused-ring (bicyclic) bond motifs is 1. The van der Waals surface area contributed by atoms with Gasteiger partial charge in [0.15, 0.2) is 0 Å². The summed E-state index contributed by atoms with van der Waals surface area (Å²) < 4.78 is 0. The zero-order chi connectivity index (χ0) is 19.7. The smallest absolute Gasteiger partial charge is 0.112 e. The molecule has 0 amide bonds. The molecule has 0 spiro atoms. The lowest BCUT2D eigenvalue weighted by molar-refractivity contribution is 0.578. The van der Waals surface area contributed by atoms with E-state index in [0.29, 0.717) is 0 Å². The van der Waals surface area contributed by atoms with Gasteiger partial charge in [0, 0.05) is 25.5 Å². The summed E-state index contributed by atoms with van der Waals surface area (Å²) >= 11 is 0. The molecule has 0 N–H and O–H groups in total. The highest BCUT2D eigenvalue weighted by atomic mass is 15.1. The molecular weight excluding hydrogens is 306 g/mol. The fourth-order valence-corrected chi connectivity index (χ4v) is 2.57. The maximum absolute atomic E-state index is 4.51. The third-order valence-corrected chi connectivity index (χ3v) is 3.50. The predicted molar refractivity (Wildman–Crippen MR) is 116 cm³/mol. The lowest BCUT2D eigenvalue weighted by Gasteiger charge is -2.29. The van der Waals surface area contributed by atoms with Crippen molar-refractivity contribution in [1.29, 1.82) is 0 Å². The first-order valence-electron chi connectivity index (χ1n) is 10.3. The van der Waals surface area contributed by atoms with E-state index in [1.165, 1.54) is 30.5 Å². The van der Waals surface area contributed by atoms with Crippen LogP contribution in [0.2, 0.25) is 0 Å². The number of benzene rings is 1. The van der Waals surface area contributed by atoms with E-state index in [0.717, 1.165) is 24.1 Å². The summed E-state index contributed by atoms with van der Waals surface area (Å²) in [4.78, 5) is 11.4. The largest absolute Gasteiger partial charge is 0.370 e. The normalized spacial score (nSPS) is 12.1. The summed E-state index contributed by atoms with van der Waals surface area (Å²) in [6, 6.07) is 4.35. The van der Waals surface area contributed by atoms with Crippen LogP contribution in [0.1, 0.15) is 80.2 Å². The fraction of sp³-hybridized carbons (Fsp3) is 0.636. The van der Waals surface area contributed by atoms with Gasteiger partial charge < -0.3 is 4.90 Å². The number of hydrogen-bond acceptors (Lipinski definition) is 3. The van der Waals surface area contributed by atoms with Gasteiger partial charge in [-0.3, -0.25) is 9.97 Å². The van der Waals surface area contributed by atoms with E-state index in [-0.39, 0.29) is 0 Å². The highest BCUT2D eigenvalue weighted by molar-refractivity contribution is 5.90. The quantitative estimate of drug-likeness (QED) is 0.554. The van der Waals surface area contributed by atoms with Gasteiger partial charge >= 0.3 is 0 Å². The molecule has 0 atom stereocenters. The van der Waals surface area contributed by atoms with E-state index in [1.807, 2.05) is 55.4 Å². The van der Waals surface area contributed by atoms with Gasteiger partial charge in [-0.25, -0.2) is 0 Å². The van der Waals surface area contributed by atoms with Gasteiger partial charge in [0.05, 0.1) is 11.2 Å². The molecule has 0 saturated carbocycles. The topological polar surface area (TPSA) is 29.0 Å². The van der Waals surface area contributed by atoms with E-state index < -0.39 is 0 Å². The Balaban J connectivity index is 0. The molecule has 3 nitrogen and oxygen atoms in total. The van der Waals surface area contributed by atoms with E-state index in [4.69, 9.17) is 0 Å². The van der Waals surface area contributed by atoms with Gasteiger partial charge in [0.1, 0.15) is 5.52 Å². The molecule has 144 valence electrons. The van der Waals surface area contributed by atoms with E-state index in [9.17, 15) is 0 Å². The van der Waals surface area contributed by atoms with Crippen LogP contribution < -0.4 is 4.90 Å². The molecule has 1 fully saturated rings. The highest BCUT2D eigenvalue weighted by Crippen LogP contribution is 2.28. The number of piperidine rings is 1. The summed E-state index contributed by atoms with van der Waals surface area (Å²) in [5.74, 6) is 0. The van der Waals surface area contributed by atoms with Gasteiger partial charge in [0.2, 0.25) is 0 Å². The molecule has 1 saturated heterocycles. The molecule has 0 unspecified atom stereocenters. The van der Waals surface area contributed by atoms with Gasteiger partial charge in [-0.05, 0) is 37.8 Å². The molecule has 0 radical (unpaired) electrons. The molecule has 25 heavy (non-hydrogen) atoms. The number of hydrogen-bond donors (Lipinski definition) is 0. The van der Waals surface area contributed by atoms with Crippen LogP contribution in [-0.4, -0.2) is 23.1 Å². The lowest BCUT2D eigenvalue weighted by Crippen LogP contribution is -2.29. The SMILES string of the molecule is CC.CC.CC.CC.Cc1ccc(N2CCCCC2)c2nccnc12. The third-order valence-electron chi connectivity index (χ3n) is 3.50. The first kappa shape index (κ1) is 25.6. The average Bonchev–Trinajstić information content (AvgIpc) is 2.75. The Morgan fingerprint density at radius 3 is 1.68 bits per heavy atom. The van der Waals surface area contributed by atoms with Crippen molar-refractivity contribution >= 4 is 16.7 Å². The van der Waals surface area contributed by atoms with Crippen LogP contribution in [0.3, 0.4) is 0 Å². The van der Waals surface area contributed by atoms with Crippen molar-refractivity contribution in [1.82, 2.24) is 9.97 Å². The Bertz CT molecular complexity index is 532. The van der Waals surface area contributed by atoms with Crippen molar-refractivity contribution < 1.29 is 0 Å². The predicted octanol–water partition coefficient (Wildman–Crippen LogP) is 7.03. The molecule has 0 bridgehead atoms. The summed E-state index contributed by atoms with van der Waals surface area (Å²) in [5, 5.41) is 0. The zero-order valence-electron chi connectivity index (χ0n) is 18.2. The molecule has 1 aliphatic rings.